The molecule has 1 aromatic carbocycles. The summed E-state index contributed by atoms with van der Waals surface area (Å²) in [5.74, 6) is -1.01. The normalized spacial score (nSPS) is 12.8. The lowest BCUT2D eigenvalue weighted by Gasteiger charge is -2.10. The van der Waals surface area contributed by atoms with Crippen LogP contribution in [0.4, 0.5) is 8.78 Å². The molecule has 0 aliphatic heterocycles. The maximum atomic E-state index is 12.8. The third-order valence-electron chi connectivity index (χ3n) is 2.44. The van der Waals surface area contributed by atoms with Crippen LogP contribution in [0.25, 0.3) is 0 Å². The Morgan fingerprint density at radius 2 is 1.80 bits per heavy atom. The van der Waals surface area contributed by atoms with Crippen LogP contribution in [0.5, 0.6) is 0 Å². The van der Waals surface area contributed by atoms with Crippen LogP contribution in [0.1, 0.15) is 25.8 Å². The minimum atomic E-state index is -0.506. The van der Waals surface area contributed by atoms with Gasteiger partial charge >= 0.3 is 0 Å². The molecule has 0 spiro atoms. The summed E-state index contributed by atoms with van der Waals surface area (Å²) in [6.45, 7) is 4.93. The Hall–Kier alpha value is -0.960. The Labute approximate surface area is 89.5 Å². The van der Waals surface area contributed by atoms with Gasteiger partial charge in [-0.15, -0.1) is 0 Å². The third-order valence-corrected chi connectivity index (χ3v) is 2.44. The molecule has 1 nitrogen and oxygen atoms in total. The van der Waals surface area contributed by atoms with E-state index in [1.807, 2.05) is 0 Å². The molecule has 0 aliphatic carbocycles. The lowest BCUT2D eigenvalue weighted by atomic mass is 10.1. The highest BCUT2D eigenvalue weighted by atomic mass is 19.1. The molecule has 1 N–H and O–H groups in total. The number of rotatable bonds is 5. The fraction of sp³-hybridized carbons (Fsp3) is 0.500. The van der Waals surface area contributed by atoms with Crippen LogP contribution in [0.15, 0.2) is 18.2 Å². The van der Waals surface area contributed by atoms with E-state index in [-0.39, 0.29) is 0 Å². The molecule has 0 amide bonds. The SMILES string of the molecule is CCC(C)NCCc1cc(F)cc(F)c1. The molecule has 0 saturated heterocycles. The summed E-state index contributed by atoms with van der Waals surface area (Å²) in [5, 5.41) is 3.27. The van der Waals surface area contributed by atoms with Crippen LogP contribution in [-0.4, -0.2) is 12.6 Å². The topological polar surface area (TPSA) is 12.0 Å². The summed E-state index contributed by atoms with van der Waals surface area (Å²) in [5.41, 5.74) is 0.698. The van der Waals surface area contributed by atoms with Gasteiger partial charge in [0.15, 0.2) is 0 Å². The van der Waals surface area contributed by atoms with Crippen molar-refractivity contribution in [2.24, 2.45) is 0 Å². The number of hydrogen-bond acceptors (Lipinski definition) is 1. The van der Waals surface area contributed by atoms with Crippen molar-refractivity contribution in [2.45, 2.75) is 32.7 Å². The number of hydrogen-bond donors (Lipinski definition) is 1. The molecule has 0 aromatic heterocycles. The van der Waals surface area contributed by atoms with Gasteiger partial charge in [-0.25, -0.2) is 8.78 Å². The van der Waals surface area contributed by atoms with E-state index in [1.54, 1.807) is 0 Å². The van der Waals surface area contributed by atoms with Crippen LogP contribution >= 0.6 is 0 Å². The number of nitrogens with one attached hydrogen (secondary N) is 1. The van der Waals surface area contributed by atoms with Crippen LogP contribution in [-0.2, 0) is 6.42 Å². The quantitative estimate of drug-likeness (QED) is 0.793. The standard InChI is InChI=1S/C12H17F2N/c1-3-9(2)15-5-4-10-6-11(13)8-12(14)7-10/h6-9,15H,3-5H2,1-2H3. The fourth-order valence-corrected chi connectivity index (χ4v) is 1.36. The molecule has 15 heavy (non-hydrogen) atoms. The lowest BCUT2D eigenvalue weighted by molar-refractivity contribution is 0.534. The minimum Gasteiger partial charge on any atom is -0.314 e. The van der Waals surface area contributed by atoms with Crippen molar-refractivity contribution in [2.75, 3.05) is 6.54 Å². The Morgan fingerprint density at radius 3 is 2.33 bits per heavy atom. The maximum absolute atomic E-state index is 12.8. The largest absolute Gasteiger partial charge is 0.314 e. The van der Waals surface area contributed by atoms with Crippen molar-refractivity contribution in [3.8, 4) is 0 Å². The van der Waals surface area contributed by atoms with E-state index in [0.717, 1.165) is 19.0 Å². The Kier molecular flexibility index (Phi) is 4.69. The first kappa shape index (κ1) is 12.1. The van der Waals surface area contributed by atoms with Crippen LogP contribution in [0.3, 0.4) is 0 Å². The molecule has 0 heterocycles. The second-order valence-corrected chi connectivity index (χ2v) is 3.79. The Balaban J connectivity index is 2.43. The number of halogens is 2. The zero-order valence-corrected chi connectivity index (χ0v) is 9.19. The first-order valence-electron chi connectivity index (χ1n) is 5.30. The highest BCUT2D eigenvalue weighted by Crippen LogP contribution is 2.08. The van der Waals surface area contributed by atoms with Crippen molar-refractivity contribution in [1.82, 2.24) is 5.32 Å². The fourth-order valence-electron chi connectivity index (χ4n) is 1.36. The Bertz CT molecular complexity index is 292. The molecule has 0 radical (unpaired) electrons. The number of benzene rings is 1. The van der Waals surface area contributed by atoms with E-state index < -0.39 is 11.6 Å². The van der Waals surface area contributed by atoms with E-state index in [2.05, 4.69) is 19.2 Å². The van der Waals surface area contributed by atoms with E-state index >= 15 is 0 Å². The predicted octanol–water partition coefficient (Wildman–Crippen LogP) is 2.90. The highest BCUT2D eigenvalue weighted by Gasteiger charge is 2.01. The van der Waals surface area contributed by atoms with E-state index in [1.165, 1.54) is 12.1 Å². The molecule has 0 fully saturated rings. The van der Waals surface area contributed by atoms with Gasteiger partial charge in [0.25, 0.3) is 0 Å². The average molecular weight is 213 g/mol. The Morgan fingerprint density at radius 1 is 1.20 bits per heavy atom. The van der Waals surface area contributed by atoms with Crippen LogP contribution in [0, 0.1) is 11.6 Å². The third kappa shape index (κ3) is 4.38. The van der Waals surface area contributed by atoms with E-state index in [0.29, 0.717) is 18.0 Å². The first-order chi connectivity index (χ1) is 7.11. The van der Waals surface area contributed by atoms with Gasteiger partial charge in [-0.2, -0.15) is 0 Å². The van der Waals surface area contributed by atoms with Crippen LogP contribution < -0.4 is 5.32 Å². The molecular weight excluding hydrogens is 196 g/mol. The molecule has 84 valence electrons. The van der Waals surface area contributed by atoms with Gasteiger partial charge < -0.3 is 5.32 Å². The average Bonchev–Trinajstić information content (AvgIpc) is 2.16. The van der Waals surface area contributed by atoms with Gasteiger partial charge in [-0.1, -0.05) is 6.92 Å². The summed E-state index contributed by atoms with van der Waals surface area (Å²) in [6, 6.07) is 4.09. The van der Waals surface area contributed by atoms with E-state index in [4.69, 9.17) is 0 Å². The second kappa shape index (κ2) is 5.81. The lowest BCUT2D eigenvalue weighted by Crippen LogP contribution is -2.27. The molecule has 0 aliphatic rings. The molecule has 1 unspecified atom stereocenters. The molecule has 3 heteroatoms. The van der Waals surface area contributed by atoms with Gasteiger partial charge in [-0.3, -0.25) is 0 Å². The second-order valence-electron chi connectivity index (χ2n) is 3.79. The van der Waals surface area contributed by atoms with Crippen molar-refractivity contribution < 1.29 is 8.78 Å². The zero-order valence-electron chi connectivity index (χ0n) is 9.19. The molecule has 1 aromatic rings. The zero-order chi connectivity index (χ0) is 11.3. The minimum absolute atomic E-state index is 0.448. The van der Waals surface area contributed by atoms with Gasteiger partial charge in [-0.05, 0) is 44.0 Å². The summed E-state index contributed by atoms with van der Waals surface area (Å²) < 4.78 is 25.6. The van der Waals surface area contributed by atoms with Gasteiger partial charge in [0.05, 0.1) is 0 Å². The van der Waals surface area contributed by atoms with Crippen molar-refractivity contribution in [3.63, 3.8) is 0 Å². The highest BCUT2D eigenvalue weighted by molar-refractivity contribution is 5.18. The van der Waals surface area contributed by atoms with Crippen molar-refractivity contribution >= 4 is 0 Å². The molecule has 1 rings (SSSR count). The molecular formula is C12H17F2N. The maximum Gasteiger partial charge on any atom is 0.126 e. The first-order valence-corrected chi connectivity index (χ1v) is 5.30. The summed E-state index contributed by atoms with van der Waals surface area (Å²) in [6.07, 6.45) is 1.70. The summed E-state index contributed by atoms with van der Waals surface area (Å²) in [7, 11) is 0. The monoisotopic (exact) mass is 213 g/mol. The molecule has 1 atom stereocenters. The smallest absolute Gasteiger partial charge is 0.126 e. The van der Waals surface area contributed by atoms with Gasteiger partial charge in [0, 0.05) is 12.1 Å². The summed E-state index contributed by atoms with van der Waals surface area (Å²) in [4.78, 5) is 0. The molecule has 0 saturated carbocycles. The van der Waals surface area contributed by atoms with Crippen molar-refractivity contribution in [3.05, 3.63) is 35.4 Å². The van der Waals surface area contributed by atoms with Crippen molar-refractivity contribution in [1.29, 1.82) is 0 Å². The van der Waals surface area contributed by atoms with E-state index in [9.17, 15) is 8.78 Å². The predicted molar refractivity (Wildman–Crippen MR) is 57.8 cm³/mol. The van der Waals surface area contributed by atoms with Gasteiger partial charge in [0.2, 0.25) is 0 Å². The van der Waals surface area contributed by atoms with Crippen LogP contribution in [0.2, 0.25) is 0 Å². The molecule has 0 bridgehead atoms. The van der Waals surface area contributed by atoms with Gasteiger partial charge in [0.1, 0.15) is 11.6 Å². The summed E-state index contributed by atoms with van der Waals surface area (Å²) >= 11 is 0.